The van der Waals surface area contributed by atoms with Crippen molar-refractivity contribution in [1.82, 2.24) is 5.06 Å². The van der Waals surface area contributed by atoms with Crippen LogP contribution in [0.4, 0.5) is 0 Å². The summed E-state index contributed by atoms with van der Waals surface area (Å²) in [5.74, 6) is -4.33. The monoisotopic (exact) mass is 339 g/mol. The molecule has 1 aliphatic heterocycles. The highest BCUT2D eigenvalue weighted by atomic mass is 32.1. The molecule has 0 saturated carbocycles. The Bertz CT molecular complexity index is 615. The molecule has 1 unspecified atom stereocenters. The van der Waals surface area contributed by atoms with Crippen molar-refractivity contribution in [2.24, 2.45) is 0 Å². The highest BCUT2D eigenvalue weighted by molar-refractivity contribution is 7.10. The van der Waals surface area contributed by atoms with Crippen LogP contribution < -0.4 is 0 Å². The fourth-order valence-corrected chi connectivity index (χ4v) is 2.75. The van der Waals surface area contributed by atoms with Crippen molar-refractivity contribution in [3.63, 3.8) is 0 Å². The van der Waals surface area contributed by atoms with Crippen LogP contribution in [0.1, 0.15) is 44.4 Å². The Labute approximate surface area is 137 Å². The molecule has 0 aromatic carbocycles. The van der Waals surface area contributed by atoms with Crippen molar-refractivity contribution in [1.29, 1.82) is 0 Å². The zero-order chi connectivity index (χ0) is 17.2. The Morgan fingerprint density at radius 3 is 2.26 bits per heavy atom. The summed E-state index contributed by atoms with van der Waals surface area (Å²) in [4.78, 5) is 53.0. The van der Waals surface area contributed by atoms with Gasteiger partial charge in [-0.3, -0.25) is 14.4 Å². The van der Waals surface area contributed by atoms with Gasteiger partial charge in [-0.05, 0) is 32.2 Å². The number of imide groups is 1. The molecule has 124 valence electrons. The van der Waals surface area contributed by atoms with E-state index < -0.39 is 35.3 Å². The van der Waals surface area contributed by atoms with Gasteiger partial charge in [0.15, 0.2) is 5.92 Å². The van der Waals surface area contributed by atoms with Crippen LogP contribution in [0.3, 0.4) is 0 Å². The number of rotatable bonds is 4. The third-order valence-electron chi connectivity index (χ3n) is 2.89. The average molecular weight is 339 g/mol. The van der Waals surface area contributed by atoms with Gasteiger partial charge in [0.1, 0.15) is 5.60 Å². The van der Waals surface area contributed by atoms with E-state index in [1.54, 1.807) is 38.3 Å². The molecule has 1 aromatic heterocycles. The van der Waals surface area contributed by atoms with Crippen molar-refractivity contribution in [2.75, 3.05) is 0 Å². The van der Waals surface area contributed by atoms with E-state index in [-0.39, 0.29) is 12.8 Å². The van der Waals surface area contributed by atoms with E-state index in [2.05, 4.69) is 0 Å². The Kier molecular flexibility index (Phi) is 4.84. The van der Waals surface area contributed by atoms with Crippen LogP contribution in [0, 0.1) is 0 Å². The number of ether oxygens (including phenoxy) is 1. The lowest BCUT2D eigenvalue weighted by molar-refractivity contribution is -0.201. The molecule has 8 heteroatoms. The van der Waals surface area contributed by atoms with Gasteiger partial charge in [0.25, 0.3) is 11.8 Å². The van der Waals surface area contributed by atoms with Crippen LogP contribution in [-0.4, -0.2) is 34.4 Å². The minimum atomic E-state index is -1.34. The van der Waals surface area contributed by atoms with E-state index >= 15 is 0 Å². The largest absolute Gasteiger partial charge is 0.459 e. The molecule has 2 rings (SSSR count). The van der Waals surface area contributed by atoms with E-state index in [4.69, 9.17) is 9.57 Å². The third-order valence-corrected chi connectivity index (χ3v) is 3.83. The quantitative estimate of drug-likeness (QED) is 0.472. The van der Waals surface area contributed by atoms with Gasteiger partial charge in [0.2, 0.25) is 0 Å². The van der Waals surface area contributed by atoms with Crippen LogP contribution in [0.2, 0.25) is 0 Å². The first kappa shape index (κ1) is 17.1. The van der Waals surface area contributed by atoms with Crippen LogP contribution in [0.5, 0.6) is 0 Å². The summed E-state index contributed by atoms with van der Waals surface area (Å²) < 4.78 is 5.24. The van der Waals surface area contributed by atoms with Crippen molar-refractivity contribution >= 4 is 35.1 Å². The Hall–Kier alpha value is -2.22. The smallest absolute Gasteiger partial charge is 0.352 e. The lowest BCUT2D eigenvalue weighted by atomic mass is 10.1. The number of carbonyl (C=O) groups is 4. The van der Waals surface area contributed by atoms with Crippen molar-refractivity contribution in [2.45, 2.75) is 45.1 Å². The zero-order valence-electron chi connectivity index (χ0n) is 13.0. The second kappa shape index (κ2) is 6.49. The molecule has 2 amide bonds. The topological polar surface area (TPSA) is 90.0 Å². The highest BCUT2D eigenvalue weighted by Crippen LogP contribution is 2.27. The number of amides is 2. The van der Waals surface area contributed by atoms with Crippen LogP contribution >= 0.6 is 11.3 Å². The number of esters is 1. The molecule has 23 heavy (non-hydrogen) atoms. The van der Waals surface area contributed by atoms with Crippen molar-refractivity contribution in [3.05, 3.63) is 22.4 Å². The Morgan fingerprint density at radius 1 is 1.17 bits per heavy atom. The van der Waals surface area contributed by atoms with Crippen LogP contribution in [0.25, 0.3) is 0 Å². The maximum Gasteiger partial charge on any atom is 0.352 e. The normalized spacial score (nSPS) is 16.4. The molecule has 1 atom stereocenters. The first-order valence-corrected chi connectivity index (χ1v) is 7.91. The predicted molar refractivity (Wildman–Crippen MR) is 80.1 cm³/mol. The molecule has 0 radical (unpaired) electrons. The Balaban J connectivity index is 2.20. The molecule has 7 nitrogen and oxygen atoms in total. The summed E-state index contributed by atoms with van der Waals surface area (Å²) in [6, 6.07) is 3.27. The molecule has 0 N–H and O–H groups in total. The maximum absolute atomic E-state index is 12.4. The van der Waals surface area contributed by atoms with Gasteiger partial charge < -0.3 is 9.57 Å². The molecular formula is C15H17NO6S. The standard InChI is InChI=1S/C15H17NO6S/c1-15(2,3)21-13(19)12(9-5-4-8-23-9)14(20)22-16-10(17)6-7-11(16)18/h4-5,8,12H,6-7H2,1-3H3. The van der Waals surface area contributed by atoms with E-state index in [0.717, 1.165) is 0 Å². The lowest BCUT2D eigenvalue weighted by Gasteiger charge is -2.23. The minimum Gasteiger partial charge on any atom is -0.459 e. The first-order chi connectivity index (χ1) is 10.7. The van der Waals surface area contributed by atoms with E-state index in [1.807, 2.05) is 0 Å². The van der Waals surface area contributed by atoms with Gasteiger partial charge in [-0.25, -0.2) is 4.79 Å². The predicted octanol–water partition coefficient (Wildman–Crippen LogP) is 1.78. The molecule has 1 aromatic rings. The summed E-state index contributed by atoms with van der Waals surface area (Å²) in [6.45, 7) is 5.03. The molecule has 2 heterocycles. The number of carbonyl (C=O) groups excluding carboxylic acids is 4. The number of nitrogens with zero attached hydrogens (tertiary/aromatic N) is 1. The molecule has 1 saturated heterocycles. The fourth-order valence-electron chi connectivity index (χ4n) is 1.95. The number of hydrogen-bond acceptors (Lipinski definition) is 7. The van der Waals surface area contributed by atoms with E-state index in [9.17, 15) is 19.2 Å². The number of thiophene rings is 1. The zero-order valence-corrected chi connectivity index (χ0v) is 13.8. The van der Waals surface area contributed by atoms with Gasteiger partial charge in [-0.2, -0.15) is 0 Å². The van der Waals surface area contributed by atoms with Crippen molar-refractivity contribution < 1.29 is 28.8 Å². The lowest BCUT2D eigenvalue weighted by Crippen LogP contribution is -2.37. The van der Waals surface area contributed by atoms with Crippen molar-refractivity contribution in [3.8, 4) is 0 Å². The van der Waals surface area contributed by atoms with Crippen LogP contribution in [0.15, 0.2) is 17.5 Å². The second-order valence-electron chi connectivity index (χ2n) is 5.97. The summed E-state index contributed by atoms with van der Waals surface area (Å²) >= 11 is 1.18. The second-order valence-corrected chi connectivity index (χ2v) is 6.95. The molecule has 1 aliphatic rings. The van der Waals surface area contributed by atoms with Gasteiger partial charge in [-0.15, -0.1) is 16.4 Å². The number of hydroxylamine groups is 2. The molecule has 0 spiro atoms. The third kappa shape index (κ3) is 4.16. The first-order valence-electron chi connectivity index (χ1n) is 7.03. The van der Waals surface area contributed by atoms with Gasteiger partial charge in [0, 0.05) is 17.7 Å². The maximum atomic E-state index is 12.4. The summed E-state index contributed by atoms with van der Waals surface area (Å²) in [5.41, 5.74) is -0.786. The molecule has 0 bridgehead atoms. The van der Waals surface area contributed by atoms with E-state index in [1.165, 1.54) is 11.3 Å². The molecule has 0 aliphatic carbocycles. The van der Waals surface area contributed by atoms with Gasteiger partial charge >= 0.3 is 11.9 Å². The van der Waals surface area contributed by atoms with Gasteiger partial charge in [-0.1, -0.05) is 6.07 Å². The summed E-state index contributed by atoms with van der Waals surface area (Å²) in [5, 5.41) is 2.12. The average Bonchev–Trinajstić information content (AvgIpc) is 3.02. The Morgan fingerprint density at radius 2 is 1.78 bits per heavy atom. The number of hydrogen-bond donors (Lipinski definition) is 0. The summed E-state index contributed by atoms with van der Waals surface area (Å²) in [7, 11) is 0. The summed E-state index contributed by atoms with van der Waals surface area (Å²) in [6.07, 6.45) is -0.0234. The minimum absolute atomic E-state index is 0.0117. The molecule has 1 fully saturated rings. The SMILES string of the molecule is CC(C)(C)OC(=O)C(C(=O)ON1C(=O)CCC1=O)c1cccs1. The molecular weight excluding hydrogens is 322 g/mol. The highest BCUT2D eigenvalue weighted by Gasteiger charge is 2.40. The van der Waals surface area contributed by atoms with E-state index in [0.29, 0.717) is 9.94 Å². The fraction of sp³-hybridized carbons (Fsp3) is 0.467. The van der Waals surface area contributed by atoms with Crippen LogP contribution in [-0.2, 0) is 28.8 Å². The van der Waals surface area contributed by atoms with Gasteiger partial charge in [0.05, 0.1) is 0 Å².